The Bertz CT molecular complexity index is 374. The number of benzene rings is 1. The fourth-order valence-corrected chi connectivity index (χ4v) is 1.94. The molecule has 1 nitrogen and oxygen atoms in total. The molecule has 0 aromatic heterocycles. The van der Waals surface area contributed by atoms with Gasteiger partial charge in [0.1, 0.15) is 0 Å². The topological polar surface area (TPSA) is 20.2 Å². The summed E-state index contributed by atoms with van der Waals surface area (Å²) in [6, 6.07) is 6.07. The second kappa shape index (κ2) is 3.48. The molecule has 1 aromatic carbocycles. The third-order valence-corrected chi connectivity index (χ3v) is 3.24. The molecule has 1 fully saturated rings. The van der Waals surface area contributed by atoms with Crippen LogP contribution < -0.4 is 0 Å². The first-order valence-electron chi connectivity index (χ1n) is 5.22. The van der Waals surface area contributed by atoms with Gasteiger partial charge in [0.05, 0.1) is 11.5 Å². The first-order chi connectivity index (χ1) is 7.37. The van der Waals surface area contributed by atoms with Crippen LogP contribution in [0.5, 0.6) is 0 Å². The number of rotatable bonds is 2. The minimum absolute atomic E-state index is 0.171. The van der Waals surface area contributed by atoms with E-state index in [9.17, 15) is 18.3 Å². The van der Waals surface area contributed by atoms with Gasteiger partial charge in [0, 0.05) is 0 Å². The van der Waals surface area contributed by atoms with E-state index in [4.69, 9.17) is 0 Å². The Labute approximate surface area is 91.9 Å². The zero-order chi connectivity index (χ0) is 12.0. The second-order valence-corrected chi connectivity index (χ2v) is 4.38. The van der Waals surface area contributed by atoms with E-state index in [0.29, 0.717) is 11.1 Å². The average Bonchev–Trinajstić information content (AvgIpc) is 2.97. The smallest absolute Gasteiger partial charge is 0.389 e. The van der Waals surface area contributed by atoms with Crippen molar-refractivity contribution in [2.45, 2.75) is 37.5 Å². The predicted molar refractivity (Wildman–Crippen MR) is 54.0 cm³/mol. The maximum Gasteiger partial charge on any atom is 0.398 e. The normalized spacial score (nSPS) is 20.6. The molecule has 1 aliphatic carbocycles. The van der Waals surface area contributed by atoms with Crippen molar-refractivity contribution in [2.24, 2.45) is 0 Å². The Morgan fingerprint density at radius 3 is 2.00 bits per heavy atom. The van der Waals surface area contributed by atoms with Crippen LogP contribution in [-0.2, 0) is 5.41 Å². The van der Waals surface area contributed by atoms with Gasteiger partial charge in [0.25, 0.3) is 0 Å². The van der Waals surface area contributed by atoms with E-state index < -0.39 is 17.7 Å². The van der Waals surface area contributed by atoms with Crippen LogP contribution in [0.15, 0.2) is 24.3 Å². The van der Waals surface area contributed by atoms with Gasteiger partial charge in [-0.15, -0.1) is 0 Å². The van der Waals surface area contributed by atoms with E-state index in [1.54, 1.807) is 19.1 Å². The number of hydrogen-bond donors (Lipinski definition) is 1. The molecule has 16 heavy (non-hydrogen) atoms. The Kier molecular flexibility index (Phi) is 2.49. The van der Waals surface area contributed by atoms with Crippen molar-refractivity contribution < 1.29 is 18.3 Å². The zero-order valence-corrected chi connectivity index (χ0v) is 8.88. The summed E-state index contributed by atoms with van der Waals surface area (Å²) in [5.74, 6) is 0. The minimum Gasteiger partial charge on any atom is -0.389 e. The van der Waals surface area contributed by atoms with Crippen LogP contribution in [0.2, 0.25) is 0 Å². The lowest BCUT2D eigenvalue weighted by Crippen LogP contribution is -2.28. The summed E-state index contributed by atoms with van der Waals surface area (Å²) in [6.07, 6.45) is -4.47. The van der Waals surface area contributed by atoms with E-state index in [0.717, 1.165) is 0 Å². The fourth-order valence-electron chi connectivity index (χ4n) is 1.94. The van der Waals surface area contributed by atoms with Crippen LogP contribution in [0, 0.1) is 0 Å². The lowest BCUT2D eigenvalue weighted by atomic mass is 9.94. The highest BCUT2D eigenvalue weighted by molar-refractivity contribution is 5.36. The van der Waals surface area contributed by atoms with Gasteiger partial charge in [-0.2, -0.15) is 13.2 Å². The summed E-state index contributed by atoms with van der Waals surface area (Å²) in [5, 5.41) is 9.27. The molecule has 1 atom stereocenters. The molecule has 1 aliphatic rings. The third kappa shape index (κ3) is 1.71. The molecule has 2 rings (SSSR count). The van der Waals surface area contributed by atoms with Crippen LogP contribution in [-0.4, -0.2) is 11.3 Å². The predicted octanol–water partition coefficient (Wildman–Crippen LogP) is 3.33. The lowest BCUT2D eigenvalue weighted by molar-refractivity contribution is -0.160. The van der Waals surface area contributed by atoms with Crippen LogP contribution in [0.3, 0.4) is 0 Å². The molecule has 1 saturated carbocycles. The molecule has 0 aliphatic heterocycles. The first-order valence-corrected chi connectivity index (χ1v) is 5.22. The molecule has 0 spiro atoms. The first kappa shape index (κ1) is 11.5. The average molecular weight is 230 g/mol. The molecule has 1 N–H and O–H groups in total. The Morgan fingerprint density at radius 2 is 1.69 bits per heavy atom. The molecule has 0 amide bonds. The van der Waals surface area contributed by atoms with Gasteiger partial charge in [-0.25, -0.2) is 0 Å². The van der Waals surface area contributed by atoms with Gasteiger partial charge < -0.3 is 5.11 Å². The number of hydrogen-bond acceptors (Lipinski definition) is 1. The Balaban J connectivity index is 2.29. The summed E-state index contributed by atoms with van der Waals surface area (Å²) in [7, 11) is 0. The molecule has 0 saturated heterocycles. The standard InChI is InChI=1S/C12H13F3O/c1-8(16)9-2-4-10(5-3-9)11(6-7-11)12(13,14)15/h2-5,8,16H,6-7H2,1H3. The Hall–Kier alpha value is -1.03. The lowest BCUT2D eigenvalue weighted by Gasteiger charge is -2.20. The van der Waals surface area contributed by atoms with Crippen LogP contribution in [0.1, 0.15) is 37.0 Å². The van der Waals surface area contributed by atoms with Gasteiger partial charge in [-0.1, -0.05) is 24.3 Å². The monoisotopic (exact) mass is 230 g/mol. The van der Waals surface area contributed by atoms with E-state index in [2.05, 4.69) is 0 Å². The second-order valence-electron chi connectivity index (χ2n) is 4.38. The maximum atomic E-state index is 12.8. The molecule has 1 aromatic rings. The molecular formula is C12H13F3O. The van der Waals surface area contributed by atoms with E-state index in [1.165, 1.54) is 12.1 Å². The number of aliphatic hydroxyl groups excluding tert-OH is 1. The highest BCUT2D eigenvalue weighted by Gasteiger charge is 2.64. The van der Waals surface area contributed by atoms with Gasteiger partial charge in [0.2, 0.25) is 0 Å². The summed E-state index contributed by atoms with van der Waals surface area (Å²) < 4.78 is 38.4. The van der Waals surface area contributed by atoms with Crippen molar-refractivity contribution in [1.29, 1.82) is 0 Å². The molecule has 0 radical (unpaired) electrons. The minimum atomic E-state index is -4.17. The summed E-state index contributed by atoms with van der Waals surface area (Å²) >= 11 is 0. The molecule has 0 bridgehead atoms. The number of halogens is 3. The molecule has 0 heterocycles. The van der Waals surface area contributed by atoms with Crippen LogP contribution in [0.25, 0.3) is 0 Å². The third-order valence-electron chi connectivity index (χ3n) is 3.24. The van der Waals surface area contributed by atoms with E-state index >= 15 is 0 Å². The number of alkyl halides is 3. The molecule has 1 unspecified atom stereocenters. The zero-order valence-electron chi connectivity index (χ0n) is 8.88. The van der Waals surface area contributed by atoms with Crippen molar-refractivity contribution in [3.8, 4) is 0 Å². The maximum absolute atomic E-state index is 12.8. The largest absolute Gasteiger partial charge is 0.398 e. The quantitative estimate of drug-likeness (QED) is 0.826. The van der Waals surface area contributed by atoms with Crippen molar-refractivity contribution in [1.82, 2.24) is 0 Å². The van der Waals surface area contributed by atoms with Gasteiger partial charge in [-0.05, 0) is 30.9 Å². The van der Waals surface area contributed by atoms with Crippen molar-refractivity contribution in [2.75, 3.05) is 0 Å². The Morgan fingerprint density at radius 1 is 1.19 bits per heavy atom. The summed E-state index contributed by atoms with van der Waals surface area (Å²) in [4.78, 5) is 0. The van der Waals surface area contributed by atoms with Gasteiger partial charge in [-0.3, -0.25) is 0 Å². The fraction of sp³-hybridized carbons (Fsp3) is 0.500. The van der Waals surface area contributed by atoms with Gasteiger partial charge in [0.15, 0.2) is 0 Å². The van der Waals surface area contributed by atoms with E-state index in [-0.39, 0.29) is 12.8 Å². The molecule has 4 heteroatoms. The highest BCUT2D eigenvalue weighted by Crippen LogP contribution is 2.58. The SMILES string of the molecule is CC(O)c1ccc(C2(C(F)(F)F)CC2)cc1. The molecule has 88 valence electrons. The summed E-state index contributed by atoms with van der Waals surface area (Å²) in [5.41, 5.74) is -0.671. The summed E-state index contributed by atoms with van der Waals surface area (Å²) in [6.45, 7) is 1.59. The van der Waals surface area contributed by atoms with Gasteiger partial charge >= 0.3 is 6.18 Å². The van der Waals surface area contributed by atoms with Crippen molar-refractivity contribution in [3.05, 3.63) is 35.4 Å². The number of aliphatic hydroxyl groups is 1. The van der Waals surface area contributed by atoms with Crippen molar-refractivity contribution in [3.63, 3.8) is 0 Å². The van der Waals surface area contributed by atoms with E-state index in [1.807, 2.05) is 0 Å². The molecular weight excluding hydrogens is 217 g/mol. The van der Waals surface area contributed by atoms with Crippen LogP contribution in [0.4, 0.5) is 13.2 Å². The van der Waals surface area contributed by atoms with Crippen LogP contribution >= 0.6 is 0 Å². The van der Waals surface area contributed by atoms with Crippen molar-refractivity contribution >= 4 is 0 Å². The highest BCUT2D eigenvalue weighted by atomic mass is 19.4.